The summed E-state index contributed by atoms with van der Waals surface area (Å²) in [5.74, 6) is -1.34. The molecule has 2 aromatic carbocycles. The van der Waals surface area contributed by atoms with Gasteiger partial charge in [-0.1, -0.05) is 11.6 Å². The summed E-state index contributed by atoms with van der Waals surface area (Å²) in [5.41, 5.74) is -2.67. The van der Waals surface area contributed by atoms with Crippen molar-refractivity contribution in [1.29, 1.82) is 0 Å². The SMILES string of the molecule is CC1(O)CCN(S(=O)c2ccc(-c3nc4n(CC(=O)Nc5ccc(C(F)(F)F)cc5Cl)c5c(c(=O)n4n3)C3(CCN(C(=O)c4ncccc4O)CC3)OC5)cc2)CC1. The van der Waals surface area contributed by atoms with Crippen molar-refractivity contribution < 1.29 is 41.9 Å². The summed E-state index contributed by atoms with van der Waals surface area (Å²) in [5, 5.41) is 27.3. The van der Waals surface area contributed by atoms with E-state index in [0.717, 1.165) is 16.6 Å². The Kier molecular flexibility index (Phi) is 10.2. The molecule has 0 bridgehead atoms. The number of pyridine rings is 1. The fourth-order valence-corrected chi connectivity index (χ4v) is 8.99. The molecular formula is C38H36ClF3N8O7S. The first-order chi connectivity index (χ1) is 27.5. The lowest BCUT2D eigenvalue weighted by molar-refractivity contribution is -0.137. The summed E-state index contributed by atoms with van der Waals surface area (Å²) in [7, 11) is -1.49. The van der Waals surface area contributed by atoms with E-state index in [9.17, 15) is 42.0 Å². The molecule has 20 heteroatoms. The number of ether oxygens (including phenoxy) is 1. The van der Waals surface area contributed by atoms with Crippen LogP contribution in [0.3, 0.4) is 0 Å². The maximum absolute atomic E-state index is 14.4. The minimum Gasteiger partial charge on any atom is -0.505 e. The number of aromatic nitrogens is 5. The van der Waals surface area contributed by atoms with Crippen LogP contribution in [-0.4, -0.2) is 91.4 Å². The number of nitrogens with zero attached hydrogens (tertiary/aromatic N) is 7. The predicted molar refractivity (Wildman–Crippen MR) is 203 cm³/mol. The number of halogens is 4. The van der Waals surface area contributed by atoms with E-state index in [4.69, 9.17) is 16.3 Å². The van der Waals surface area contributed by atoms with Crippen molar-refractivity contribution in [3.63, 3.8) is 0 Å². The molecule has 3 aliphatic rings. The molecule has 58 heavy (non-hydrogen) atoms. The van der Waals surface area contributed by atoms with Gasteiger partial charge in [0.15, 0.2) is 11.5 Å². The van der Waals surface area contributed by atoms with E-state index in [0.29, 0.717) is 48.2 Å². The van der Waals surface area contributed by atoms with E-state index in [1.165, 1.54) is 27.8 Å². The molecule has 15 nitrogen and oxygen atoms in total. The summed E-state index contributed by atoms with van der Waals surface area (Å²) in [6.07, 6.45) is -1.92. The average Bonchev–Trinajstić information content (AvgIpc) is 3.80. The molecule has 1 spiro atoms. The lowest BCUT2D eigenvalue weighted by atomic mass is 9.85. The fourth-order valence-electron chi connectivity index (χ4n) is 7.58. The maximum atomic E-state index is 14.4. The van der Waals surface area contributed by atoms with Gasteiger partial charge in [-0.05, 0) is 87.2 Å². The second kappa shape index (κ2) is 14.9. The van der Waals surface area contributed by atoms with Gasteiger partial charge in [0.05, 0.1) is 44.6 Å². The Labute approximate surface area is 335 Å². The molecule has 304 valence electrons. The first-order valence-corrected chi connectivity index (χ1v) is 19.8. The number of nitrogens with one attached hydrogen (secondary N) is 1. The van der Waals surface area contributed by atoms with Gasteiger partial charge >= 0.3 is 6.18 Å². The van der Waals surface area contributed by atoms with Gasteiger partial charge < -0.3 is 29.7 Å². The molecule has 0 radical (unpaired) electrons. The molecular weight excluding hydrogens is 805 g/mol. The molecule has 0 aliphatic carbocycles. The number of aromatic hydroxyl groups is 1. The van der Waals surface area contributed by atoms with E-state index in [-0.39, 0.29) is 71.9 Å². The number of rotatable bonds is 7. The van der Waals surface area contributed by atoms with Crippen molar-refractivity contribution >= 4 is 45.9 Å². The number of amides is 2. The van der Waals surface area contributed by atoms with E-state index < -0.39 is 57.8 Å². The second-order valence-corrected chi connectivity index (χ2v) is 16.6. The van der Waals surface area contributed by atoms with Crippen LogP contribution in [0.5, 0.6) is 5.75 Å². The number of piperidine rings is 2. The van der Waals surface area contributed by atoms with Crippen LogP contribution < -0.4 is 10.9 Å². The number of hydrogen-bond donors (Lipinski definition) is 3. The van der Waals surface area contributed by atoms with Gasteiger partial charge in [0.2, 0.25) is 11.7 Å². The average molecular weight is 841 g/mol. The highest BCUT2D eigenvalue weighted by molar-refractivity contribution is 7.82. The maximum Gasteiger partial charge on any atom is 0.416 e. The van der Waals surface area contributed by atoms with Gasteiger partial charge in [0.1, 0.15) is 28.9 Å². The van der Waals surface area contributed by atoms with Crippen molar-refractivity contribution in [2.45, 2.75) is 68.0 Å². The Morgan fingerprint density at radius 2 is 1.74 bits per heavy atom. The number of carbonyl (C=O) groups excluding carboxylic acids is 2. The van der Waals surface area contributed by atoms with Gasteiger partial charge in [0, 0.05) is 37.9 Å². The minimum atomic E-state index is -4.65. The van der Waals surface area contributed by atoms with Gasteiger partial charge in [0.25, 0.3) is 11.5 Å². The Hall–Kier alpha value is -5.21. The molecule has 1 unspecified atom stereocenters. The van der Waals surface area contributed by atoms with Crippen LogP contribution in [0.1, 0.15) is 59.9 Å². The highest BCUT2D eigenvalue weighted by Gasteiger charge is 2.48. The minimum absolute atomic E-state index is 0.0145. The number of aliphatic hydroxyl groups is 1. The smallest absolute Gasteiger partial charge is 0.416 e. The molecule has 3 aliphatic heterocycles. The van der Waals surface area contributed by atoms with Crippen LogP contribution in [0.25, 0.3) is 17.2 Å². The third kappa shape index (κ3) is 7.36. The summed E-state index contributed by atoms with van der Waals surface area (Å²) in [4.78, 5) is 52.0. The molecule has 1 atom stereocenters. The van der Waals surface area contributed by atoms with E-state index in [1.54, 1.807) is 35.5 Å². The van der Waals surface area contributed by atoms with Crippen molar-refractivity contribution in [2.24, 2.45) is 0 Å². The summed E-state index contributed by atoms with van der Waals surface area (Å²) in [6.45, 7) is 2.38. The normalized spacial score (nSPS) is 18.3. The molecule has 0 saturated carbocycles. The van der Waals surface area contributed by atoms with Crippen LogP contribution in [0.2, 0.25) is 5.02 Å². The lowest BCUT2D eigenvalue weighted by Gasteiger charge is -2.38. The topological polar surface area (TPSA) is 184 Å². The standard InChI is InChI=1S/C38H36ClF3N8O7S/c1-36(55)10-17-48(18-11-36)58(56)24-7-4-22(5-8-24)32-45-35-49(20-29(52)44-26-9-6-23(19-25(26)39)38(40,41)42)27-21-57-37(30(27)33(53)50(35)46-32)12-15-47(16-13-37)34(54)31-28(51)3-2-14-43-31/h2-9,14,19,51,55H,10-13,15-18,20-21H2,1H3,(H,44,52). The zero-order valence-corrected chi connectivity index (χ0v) is 32.4. The molecule has 3 N–H and O–H groups in total. The number of alkyl halides is 3. The van der Waals surface area contributed by atoms with Gasteiger partial charge in [-0.2, -0.15) is 22.7 Å². The Balaban J connectivity index is 1.13. The second-order valence-electron chi connectivity index (χ2n) is 14.7. The van der Waals surface area contributed by atoms with Gasteiger partial charge in [-0.3, -0.25) is 14.4 Å². The van der Waals surface area contributed by atoms with Crippen molar-refractivity contribution in [3.05, 3.63) is 98.7 Å². The number of anilines is 1. The number of likely N-dealkylation sites (tertiary alicyclic amines) is 1. The predicted octanol–water partition coefficient (Wildman–Crippen LogP) is 4.50. The molecule has 2 saturated heterocycles. The highest BCUT2D eigenvalue weighted by atomic mass is 35.5. The third-order valence-corrected chi connectivity index (χ3v) is 12.7. The Morgan fingerprint density at radius 3 is 2.40 bits per heavy atom. The van der Waals surface area contributed by atoms with Crippen LogP contribution in [0, 0.1) is 0 Å². The number of benzene rings is 2. The molecule has 2 fully saturated rings. The van der Waals surface area contributed by atoms with Crippen molar-refractivity contribution in [1.82, 2.24) is 33.4 Å². The van der Waals surface area contributed by atoms with E-state index >= 15 is 0 Å². The monoisotopic (exact) mass is 840 g/mol. The van der Waals surface area contributed by atoms with E-state index in [1.807, 2.05) is 0 Å². The Morgan fingerprint density at radius 1 is 1.03 bits per heavy atom. The molecule has 8 rings (SSSR count). The van der Waals surface area contributed by atoms with Crippen LogP contribution in [0.4, 0.5) is 18.9 Å². The van der Waals surface area contributed by atoms with Gasteiger partial charge in [-0.25, -0.2) is 13.5 Å². The van der Waals surface area contributed by atoms with E-state index in [2.05, 4.69) is 20.4 Å². The molecule has 3 aromatic heterocycles. The summed E-state index contributed by atoms with van der Waals surface area (Å²) in [6, 6.07) is 12.1. The highest BCUT2D eigenvalue weighted by Crippen LogP contribution is 2.43. The number of fused-ring (bicyclic) bond motifs is 3. The molecule has 5 aromatic rings. The molecule has 6 heterocycles. The Bertz CT molecular complexity index is 2530. The van der Waals surface area contributed by atoms with Crippen LogP contribution in [0.15, 0.2) is 70.5 Å². The fraction of sp³-hybridized carbons (Fsp3) is 0.368. The quantitative estimate of drug-likeness (QED) is 0.211. The summed E-state index contributed by atoms with van der Waals surface area (Å²) < 4.78 is 63.9. The van der Waals surface area contributed by atoms with Crippen molar-refractivity contribution in [3.8, 4) is 17.1 Å². The summed E-state index contributed by atoms with van der Waals surface area (Å²) >= 11 is 6.14. The van der Waals surface area contributed by atoms with Gasteiger partial charge in [-0.15, -0.1) is 5.10 Å². The zero-order valence-electron chi connectivity index (χ0n) is 30.8. The largest absolute Gasteiger partial charge is 0.505 e. The number of carbonyl (C=O) groups is 2. The molecule has 2 amide bonds. The first-order valence-electron chi connectivity index (χ1n) is 18.3. The first kappa shape index (κ1) is 39.6. The zero-order chi connectivity index (χ0) is 41.1. The third-order valence-electron chi connectivity index (χ3n) is 10.9. The van der Waals surface area contributed by atoms with Crippen LogP contribution in [-0.2, 0) is 45.4 Å². The van der Waals surface area contributed by atoms with Crippen LogP contribution >= 0.6 is 11.6 Å². The lowest BCUT2D eigenvalue weighted by Crippen LogP contribution is -2.47. The van der Waals surface area contributed by atoms with Crippen molar-refractivity contribution in [2.75, 3.05) is 31.5 Å². The number of hydrogen-bond acceptors (Lipinski definition) is 10.